The summed E-state index contributed by atoms with van der Waals surface area (Å²) in [7, 11) is 3.48. The van der Waals surface area contributed by atoms with Crippen LogP contribution in [0.15, 0.2) is 18.2 Å². The number of hydrogen-bond acceptors (Lipinski definition) is 5. The zero-order chi connectivity index (χ0) is 15.3. The van der Waals surface area contributed by atoms with E-state index in [9.17, 15) is 0 Å². The molecule has 1 aromatic heterocycles. The summed E-state index contributed by atoms with van der Waals surface area (Å²) >= 11 is 0. The van der Waals surface area contributed by atoms with Gasteiger partial charge in [-0.05, 0) is 25.1 Å². The Morgan fingerprint density at radius 1 is 1.10 bits per heavy atom. The van der Waals surface area contributed by atoms with Crippen molar-refractivity contribution in [3.63, 3.8) is 0 Å². The first-order valence-electron chi connectivity index (χ1n) is 7.66. The first kappa shape index (κ1) is 18.0. The van der Waals surface area contributed by atoms with Crippen LogP contribution < -0.4 is 5.32 Å². The second-order valence-electron chi connectivity index (χ2n) is 5.02. The third-order valence-corrected chi connectivity index (χ3v) is 3.24. The lowest BCUT2D eigenvalue weighted by molar-refractivity contribution is 0.128. The largest absolute Gasteiger partial charge is 0.385 e. The van der Waals surface area contributed by atoms with Crippen LogP contribution in [-0.2, 0) is 22.6 Å². The maximum absolute atomic E-state index is 5.19. The van der Waals surface area contributed by atoms with Crippen molar-refractivity contribution in [2.75, 3.05) is 47.1 Å². The van der Waals surface area contributed by atoms with E-state index in [2.05, 4.69) is 35.3 Å². The van der Waals surface area contributed by atoms with E-state index in [-0.39, 0.29) is 0 Å². The second kappa shape index (κ2) is 11.6. The van der Waals surface area contributed by atoms with E-state index >= 15 is 0 Å². The summed E-state index contributed by atoms with van der Waals surface area (Å²) in [5.41, 5.74) is 2.21. The van der Waals surface area contributed by atoms with Gasteiger partial charge in [0.05, 0.1) is 18.0 Å². The van der Waals surface area contributed by atoms with Gasteiger partial charge in [-0.1, -0.05) is 13.0 Å². The molecule has 0 saturated carbocycles. The molecule has 0 atom stereocenters. The van der Waals surface area contributed by atoms with Gasteiger partial charge in [0.1, 0.15) is 0 Å². The van der Waals surface area contributed by atoms with Gasteiger partial charge in [-0.25, -0.2) is 0 Å². The molecule has 0 amide bonds. The third kappa shape index (κ3) is 8.12. The van der Waals surface area contributed by atoms with Crippen LogP contribution in [0, 0.1) is 0 Å². The van der Waals surface area contributed by atoms with E-state index in [4.69, 9.17) is 14.5 Å². The predicted molar refractivity (Wildman–Crippen MR) is 85.3 cm³/mol. The maximum atomic E-state index is 5.19. The van der Waals surface area contributed by atoms with Crippen LogP contribution in [0.4, 0.5) is 0 Å². The summed E-state index contributed by atoms with van der Waals surface area (Å²) in [6, 6.07) is 6.24. The number of nitrogens with one attached hydrogen (secondary N) is 1. The van der Waals surface area contributed by atoms with E-state index in [0.29, 0.717) is 0 Å². The van der Waals surface area contributed by atoms with Crippen molar-refractivity contribution >= 4 is 0 Å². The Balaban J connectivity index is 2.54. The first-order valence-corrected chi connectivity index (χ1v) is 7.66. The summed E-state index contributed by atoms with van der Waals surface area (Å²) in [4.78, 5) is 7.07. The van der Waals surface area contributed by atoms with Crippen LogP contribution in [0.5, 0.6) is 0 Å². The standard InChI is InChI=1S/C16H29N3O2/c1-4-17-13-15-7-5-8-16(18-15)14-19(10-12-21-3)9-6-11-20-2/h5,7-8,17H,4,6,9-14H2,1-3H3. The Kier molecular flexibility index (Phi) is 9.99. The zero-order valence-electron chi connectivity index (χ0n) is 13.6. The first-order chi connectivity index (χ1) is 10.3. The lowest BCUT2D eigenvalue weighted by Gasteiger charge is -2.21. The summed E-state index contributed by atoms with van der Waals surface area (Å²) in [5, 5.41) is 3.31. The van der Waals surface area contributed by atoms with Crippen molar-refractivity contribution in [1.29, 1.82) is 0 Å². The number of ether oxygens (including phenoxy) is 2. The molecule has 0 aliphatic heterocycles. The van der Waals surface area contributed by atoms with Crippen LogP contribution >= 0.6 is 0 Å². The highest BCUT2D eigenvalue weighted by molar-refractivity contribution is 5.11. The normalized spacial score (nSPS) is 11.2. The topological polar surface area (TPSA) is 46.6 Å². The molecule has 0 fully saturated rings. The average molecular weight is 295 g/mol. The van der Waals surface area contributed by atoms with Gasteiger partial charge < -0.3 is 14.8 Å². The maximum Gasteiger partial charge on any atom is 0.0589 e. The molecule has 0 aliphatic rings. The Morgan fingerprint density at radius 2 is 1.86 bits per heavy atom. The highest BCUT2D eigenvalue weighted by Gasteiger charge is 2.07. The molecule has 0 spiro atoms. The summed E-state index contributed by atoms with van der Waals surface area (Å²) < 4.78 is 10.3. The highest BCUT2D eigenvalue weighted by atomic mass is 16.5. The van der Waals surface area contributed by atoms with E-state index in [1.807, 2.05) is 0 Å². The quantitative estimate of drug-likeness (QED) is 0.594. The monoisotopic (exact) mass is 295 g/mol. The fourth-order valence-electron chi connectivity index (χ4n) is 2.12. The lowest BCUT2D eigenvalue weighted by atomic mass is 10.2. The van der Waals surface area contributed by atoms with E-state index < -0.39 is 0 Å². The van der Waals surface area contributed by atoms with E-state index in [1.165, 1.54) is 0 Å². The molecule has 21 heavy (non-hydrogen) atoms. The number of methoxy groups -OCH3 is 2. The van der Waals surface area contributed by atoms with Crippen LogP contribution in [0.25, 0.3) is 0 Å². The molecule has 0 saturated heterocycles. The van der Waals surface area contributed by atoms with Gasteiger partial charge in [-0.3, -0.25) is 9.88 Å². The van der Waals surface area contributed by atoms with Gasteiger partial charge in [-0.15, -0.1) is 0 Å². The van der Waals surface area contributed by atoms with Crippen molar-refractivity contribution in [2.24, 2.45) is 0 Å². The molecule has 0 radical (unpaired) electrons. The SMILES string of the molecule is CCNCc1cccc(CN(CCCOC)CCOC)n1. The Bertz CT molecular complexity index is 374. The molecule has 0 unspecified atom stereocenters. The summed E-state index contributed by atoms with van der Waals surface area (Å²) in [6.45, 7) is 8.19. The second-order valence-corrected chi connectivity index (χ2v) is 5.02. The zero-order valence-corrected chi connectivity index (χ0v) is 13.6. The minimum atomic E-state index is 0.740. The molecule has 120 valence electrons. The number of rotatable bonds is 12. The predicted octanol–water partition coefficient (Wildman–Crippen LogP) is 1.68. The highest BCUT2D eigenvalue weighted by Crippen LogP contribution is 2.05. The molecule has 1 rings (SSSR count). The van der Waals surface area contributed by atoms with Gasteiger partial charge in [0, 0.05) is 47.0 Å². The van der Waals surface area contributed by atoms with Crippen molar-refractivity contribution in [1.82, 2.24) is 15.2 Å². The molecule has 5 nitrogen and oxygen atoms in total. The molecular weight excluding hydrogens is 266 g/mol. The Hall–Kier alpha value is -1.01. The molecule has 1 N–H and O–H groups in total. The molecule has 0 bridgehead atoms. The van der Waals surface area contributed by atoms with Gasteiger partial charge in [-0.2, -0.15) is 0 Å². The van der Waals surface area contributed by atoms with Gasteiger partial charge >= 0.3 is 0 Å². The van der Waals surface area contributed by atoms with Crippen LogP contribution in [0.3, 0.4) is 0 Å². The Morgan fingerprint density at radius 3 is 2.57 bits per heavy atom. The molecular formula is C16H29N3O2. The molecule has 0 aromatic carbocycles. The molecule has 5 heteroatoms. The minimum absolute atomic E-state index is 0.740. The summed E-state index contributed by atoms with van der Waals surface area (Å²) in [6.07, 6.45) is 1.03. The van der Waals surface area contributed by atoms with E-state index in [0.717, 1.165) is 63.7 Å². The smallest absolute Gasteiger partial charge is 0.0589 e. The number of hydrogen-bond donors (Lipinski definition) is 1. The Labute approximate surface area is 128 Å². The molecule has 1 heterocycles. The van der Waals surface area contributed by atoms with Gasteiger partial charge in [0.25, 0.3) is 0 Å². The average Bonchev–Trinajstić information content (AvgIpc) is 2.51. The van der Waals surface area contributed by atoms with Crippen LogP contribution in [0.1, 0.15) is 24.7 Å². The van der Waals surface area contributed by atoms with E-state index in [1.54, 1.807) is 14.2 Å². The van der Waals surface area contributed by atoms with Crippen LogP contribution in [0.2, 0.25) is 0 Å². The van der Waals surface area contributed by atoms with Crippen LogP contribution in [-0.4, -0.2) is 57.0 Å². The number of aromatic nitrogens is 1. The van der Waals surface area contributed by atoms with Crippen molar-refractivity contribution in [3.8, 4) is 0 Å². The van der Waals surface area contributed by atoms with Gasteiger partial charge in [0.15, 0.2) is 0 Å². The molecule has 0 aliphatic carbocycles. The lowest BCUT2D eigenvalue weighted by Crippen LogP contribution is -2.29. The number of nitrogens with zero attached hydrogens (tertiary/aromatic N) is 2. The summed E-state index contributed by atoms with van der Waals surface area (Å²) in [5.74, 6) is 0. The van der Waals surface area contributed by atoms with Crippen molar-refractivity contribution < 1.29 is 9.47 Å². The third-order valence-electron chi connectivity index (χ3n) is 3.24. The van der Waals surface area contributed by atoms with Crippen molar-refractivity contribution in [2.45, 2.75) is 26.4 Å². The number of pyridine rings is 1. The fourth-order valence-corrected chi connectivity index (χ4v) is 2.12. The molecule has 1 aromatic rings. The fraction of sp³-hybridized carbons (Fsp3) is 0.688. The minimum Gasteiger partial charge on any atom is -0.385 e. The van der Waals surface area contributed by atoms with Crippen molar-refractivity contribution in [3.05, 3.63) is 29.6 Å². The van der Waals surface area contributed by atoms with Gasteiger partial charge in [0.2, 0.25) is 0 Å².